The summed E-state index contributed by atoms with van der Waals surface area (Å²) < 4.78 is 26.4. The average molecular weight is 296 g/mol. The van der Waals surface area contributed by atoms with Crippen molar-refractivity contribution in [1.29, 1.82) is 0 Å². The summed E-state index contributed by atoms with van der Waals surface area (Å²) in [5.41, 5.74) is 0.337. The molecule has 0 unspecified atom stereocenters. The van der Waals surface area contributed by atoms with Gasteiger partial charge in [-0.15, -0.1) is 0 Å². The third-order valence-corrected chi connectivity index (χ3v) is 3.55. The zero-order valence-corrected chi connectivity index (χ0v) is 12.1. The number of rotatable bonds is 4. The highest BCUT2D eigenvalue weighted by atomic mass is 19.1. The van der Waals surface area contributed by atoms with E-state index < -0.39 is 17.7 Å². The Morgan fingerprint density at radius 2 is 1.81 bits per heavy atom. The number of carbonyl (C=O) groups is 2. The van der Waals surface area contributed by atoms with Gasteiger partial charge in [-0.1, -0.05) is 6.92 Å². The molecule has 2 rings (SSSR count). The molecule has 1 atom stereocenters. The van der Waals surface area contributed by atoms with Crippen LogP contribution in [0.4, 0.5) is 8.78 Å². The van der Waals surface area contributed by atoms with E-state index in [4.69, 9.17) is 0 Å². The largest absolute Gasteiger partial charge is 0.332 e. The fourth-order valence-corrected chi connectivity index (χ4v) is 2.53. The van der Waals surface area contributed by atoms with Crippen molar-refractivity contribution in [3.8, 4) is 0 Å². The second kappa shape index (κ2) is 6.20. The second-order valence-corrected chi connectivity index (χ2v) is 5.24. The zero-order chi connectivity index (χ0) is 15.6. The quantitative estimate of drug-likeness (QED) is 0.852. The molecule has 2 amide bonds. The zero-order valence-electron chi connectivity index (χ0n) is 12.1. The molecule has 0 N–H and O–H groups in total. The maximum absolute atomic E-state index is 13.2. The number of nitrogens with zero attached hydrogens (tertiary/aromatic N) is 2. The van der Waals surface area contributed by atoms with E-state index in [0.717, 1.165) is 12.5 Å². The Hall–Kier alpha value is -1.98. The van der Waals surface area contributed by atoms with E-state index in [-0.39, 0.29) is 24.9 Å². The summed E-state index contributed by atoms with van der Waals surface area (Å²) in [6.07, 6.45) is 0.779. The van der Waals surface area contributed by atoms with Gasteiger partial charge in [0.05, 0.1) is 6.54 Å². The summed E-state index contributed by atoms with van der Waals surface area (Å²) in [5, 5.41) is 0. The first kappa shape index (κ1) is 15.4. The molecule has 0 spiro atoms. The Labute approximate surface area is 122 Å². The molecule has 1 aromatic rings. The van der Waals surface area contributed by atoms with Gasteiger partial charge in [-0.25, -0.2) is 8.78 Å². The van der Waals surface area contributed by atoms with Crippen LogP contribution in [-0.4, -0.2) is 40.7 Å². The van der Waals surface area contributed by atoms with Gasteiger partial charge in [0.25, 0.3) is 0 Å². The van der Waals surface area contributed by atoms with Crippen LogP contribution in [-0.2, 0) is 16.1 Å². The first-order valence-electron chi connectivity index (χ1n) is 6.95. The topological polar surface area (TPSA) is 40.6 Å². The third kappa shape index (κ3) is 3.37. The standard InChI is InChI=1S/C15H18F2N2O2/c1-3-4-18-9-14(20)19(10(2)15(18)21)8-11-5-12(16)7-13(17)6-11/h5-7,10H,3-4,8-9H2,1-2H3/t10-/m1/s1. The SMILES string of the molecule is CCCN1CC(=O)N(Cc2cc(F)cc(F)c2)[C@H](C)C1=O. The van der Waals surface area contributed by atoms with Gasteiger partial charge in [-0.2, -0.15) is 0 Å². The number of piperazine rings is 1. The van der Waals surface area contributed by atoms with Gasteiger partial charge in [0.15, 0.2) is 0 Å². The first-order chi connectivity index (χ1) is 9.92. The lowest BCUT2D eigenvalue weighted by atomic mass is 10.1. The van der Waals surface area contributed by atoms with E-state index in [0.29, 0.717) is 12.1 Å². The van der Waals surface area contributed by atoms with Crippen molar-refractivity contribution in [2.24, 2.45) is 0 Å². The van der Waals surface area contributed by atoms with Crippen LogP contribution in [0.15, 0.2) is 18.2 Å². The number of amides is 2. The summed E-state index contributed by atoms with van der Waals surface area (Å²) in [5.74, 6) is -1.73. The van der Waals surface area contributed by atoms with Gasteiger partial charge < -0.3 is 9.80 Å². The minimum absolute atomic E-state index is 0.0226. The fourth-order valence-electron chi connectivity index (χ4n) is 2.53. The summed E-state index contributed by atoms with van der Waals surface area (Å²) in [6, 6.07) is 2.50. The Kier molecular flexibility index (Phi) is 4.55. The highest BCUT2D eigenvalue weighted by Gasteiger charge is 2.35. The van der Waals surface area contributed by atoms with Crippen molar-refractivity contribution in [2.75, 3.05) is 13.1 Å². The van der Waals surface area contributed by atoms with Crippen LogP contribution in [0.5, 0.6) is 0 Å². The molecule has 0 radical (unpaired) electrons. The highest BCUT2D eigenvalue weighted by molar-refractivity contribution is 5.94. The molecule has 1 aliphatic rings. The Bertz CT molecular complexity index is 542. The smallest absolute Gasteiger partial charge is 0.245 e. The predicted molar refractivity (Wildman–Crippen MR) is 73.2 cm³/mol. The summed E-state index contributed by atoms with van der Waals surface area (Å²) in [6.45, 7) is 4.16. The summed E-state index contributed by atoms with van der Waals surface area (Å²) >= 11 is 0. The van der Waals surface area contributed by atoms with E-state index in [1.807, 2.05) is 6.92 Å². The van der Waals surface area contributed by atoms with Crippen molar-refractivity contribution >= 4 is 11.8 Å². The highest BCUT2D eigenvalue weighted by Crippen LogP contribution is 2.18. The van der Waals surface area contributed by atoms with Gasteiger partial charge in [0, 0.05) is 19.2 Å². The number of hydrogen-bond donors (Lipinski definition) is 0. The second-order valence-electron chi connectivity index (χ2n) is 5.24. The van der Waals surface area contributed by atoms with Crippen molar-refractivity contribution < 1.29 is 18.4 Å². The van der Waals surface area contributed by atoms with E-state index in [9.17, 15) is 18.4 Å². The number of halogens is 2. The summed E-state index contributed by atoms with van der Waals surface area (Å²) in [7, 11) is 0. The van der Waals surface area contributed by atoms with Crippen molar-refractivity contribution in [3.63, 3.8) is 0 Å². The number of benzene rings is 1. The van der Waals surface area contributed by atoms with Gasteiger partial charge in [0.1, 0.15) is 17.7 Å². The molecule has 1 aliphatic heterocycles. The van der Waals surface area contributed by atoms with E-state index in [1.54, 1.807) is 6.92 Å². The van der Waals surface area contributed by atoms with Gasteiger partial charge in [-0.3, -0.25) is 9.59 Å². The lowest BCUT2D eigenvalue weighted by Gasteiger charge is -2.38. The number of hydrogen-bond acceptors (Lipinski definition) is 2. The molecule has 6 heteroatoms. The average Bonchev–Trinajstić information content (AvgIpc) is 2.40. The molecule has 0 aromatic heterocycles. The molecule has 1 heterocycles. The third-order valence-electron chi connectivity index (χ3n) is 3.55. The molecule has 1 saturated heterocycles. The van der Waals surface area contributed by atoms with Crippen LogP contribution < -0.4 is 0 Å². The minimum atomic E-state index is -0.693. The Morgan fingerprint density at radius 1 is 1.19 bits per heavy atom. The first-order valence-corrected chi connectivity index (χ1v) is 6.95. The van der Waals surface area contributed by atoms with Crippen molar-refractivity contribution in [2.45, 2.75) is 32.9 Å². The van der Waals surface area contributed by atoms with Gasteiger partial charge in [-0.05, 0) is 31.0 Å². The van der Waals surface area contributed by atoms with E-state index in [2.05, 4.69) is 0 Å². The van der Waals surface area contributed by atoms with Crippen molar-refractivity contribution in [1.82, 2.24) is 9.80 Å². The lowest BCUT2D eigenvalue weighted by molar-refractivity contribution is -0.155. The van der Waals surface area contributed by atoms with Crippen LogP contribution >= 0.6 is 0 Å². The van der Waals surface area contributed by atoms with Crippen LogP contribution in [0.25, 0.3) is 0 Å². The van der Waals surface area contributed by atoms with Crippen LogP contribution in [0.2, 0.25) is 0 Å². The summed E-state index contributed by atoms with van der Waals surface area (Å²) in [4.78, 5) is 27.2. The molecule has 0 bridgehead atoms. The van der Waals surface area contributed by atoms with E-state index >= 15 is 0 Å². The maximum atomic E-state index is 13.2. The van der Waals surface area contributed by atoms with E-state index in [1.165, 1.54) is 21.9 Å². The predicted octanol–water partition coefficient (Wildman–Crippen LogP) is 1.93. The molecule has 4 nitrogen and oxygen atoms in total. The van der Waals surface area contributed by atoms with Gasteiger partial charge in [0.2, 0.25) is 11.8 Å². The molecule has 0 aliphatic carbocycles. The van der Waals surface area contributed by atoms with Crippen LogP contribution in [0, 0.1) is 11.6 Å². The fraction of sp³-hybridized carbons (Fsp3) is 0.467. The normalized spacial score (nSPS) is 19.3. The molecular formula is C15H18F2N2O2. The molecule has 0 saturated carbocycles. The van der Waals surface area contributed by atoms with Crippen LogP contribution in [0.1, 0.15) is 25.8 Å². The molecule has 114 valence electrons. The molecule has 1 aromatic carbocycles. The Morgan fingerprint density at radius 3 is 2.38 bits per heavy atom. The van der Waals surface area contributed by atoms with Crippen molar-refractivity contribution in [3.05, 3.63) is 35.4 Å². The lowest BCUT2D eigenvalue weighted by Crippen LogP contribution is -2.58. The Balaban J connectivity index is 2.16. The monoisotopic (exact) mass is 296 g/mol. The minimum Gasteiger partial charge on any atom is -0.332 e. The molecule has 21 heavy (non-hydrogen) atoms. The maximum Gasteiger partial charge on any atom is 0.245 e. The van der Waals surface area contributed by atoms with Crippen LogP contribution in [0.3, 0.4) is 0 Å². The molecule has 1 fully saturated rings. The van der Waals surface area contributed by atoms with Gasteiger partial charge >= 0.3 is 0 Å². The number of carbonyl (C=O) groups excluding carboxylic acids is 2. The molecular weight excluding hydrogens is 278 g/mol.